The molecule has 0 amide bonds. The van der Waals surface area contributed by atoms with Gasteiger partial charge in [-0.05, 0) is 42.8 Å². The molecule has 1 heterocycles. The molecule has 0 unspecified atom stereocenters. The molecule has 82 valence electrons. The number of nitrogens with zero attached hydrogens (tertiary/aromatic N) is 2. The molecule has 0 aliphatic rings. The number of rotatable bonds is 2. The molecule has 0 saturated heterocycles. The van der Waals surface area contributed by atoms with Gasteiger partial charge in [-0.1, -0.05) is 0 Å². The van der Waals surface area contributed by atoms with E-state index in [4.69, 9.17) is 0 Å². The summed E-state index contributed by atoms with van der Waals surface area (Å²) in [5.74, 6) is 0. The minimum absolute atomic E-state index is 0.323. The topological polar surface area (TPSA) is 42.3 Å². The Morgan fingerprint density at radius 3 is 2.73 bits per heavy atom. The van der Waals surface area contributed by atoms with Crippen molar-refractivity contribution in [1.82, 2.24) is 4.98 Å². The van der Waals surface area contributed by atoms with E-state index in [0.717, 1.165) is 10.0 Å². The Hall–Kier alpha value is -0.550. The highest BCUT2D eigenvalue weighted by Gasteiger charge is 2.18. The SMILES string of the molecule is CC(C)(C)[S@](=O)/N=C/c1ccncc1Br. The summed E-state index contributed by atoms with van der Waals surface area (Å²) in [6, 6.07) is 1.81. The van der Waals surface area contributed by atoms with Crippen LogP contribution in [-0.4, -0.2) is 20.2 Å². The van der Waals surface area contributed by atoms with Crippen LogP contribution in [0.15, 0.2) is 27.3 Å². The van der Waals surface area contributed by atoms with Crippen molar-refractivity contribution in [2.45, 2.75) is 25.5 Å². The molecule has 1 aromatic heterocycles. The van der Waals surface area contributed by atoms with Gasteiger partial charge in [-0.2, -0.15) is 4.40 Å². The van der Waals surface area contributed by atoms with E-state index < -0.39 is 11.0 Å². The summed E-state index contributed by atoms with van der Waals surface area (Å²) >= 11 is 3.34. The first kappa shape index (κ1) is 12.5. The van der Waals surface area contributed by atoms with Gasteiger partial charge < -0.3 is 0 Å². The second-order valence-corrected chi connectivity index (χ2v) is 6.78. The first-order chi connectivity index (χ1) is 6.91. The molecular formula is C10H13BrN2OS. The summed E-state index contributed by atoms with van der Waals surface area (Å²) < 4.78 is 16.2. The summed E-state index contributed by atoms with van der Waals surface area (Å²) in [6.45, 7) is 5.67. The largest absolute Gasteiger partial charge is 0.264 e. The van der Waals surface area contributed by atoms with Gasteiger partial charge >= 0.3 is 0 Å². The molecule has 0 saturated carbocycles. The van der Waals surface area contributed by atoms with Gasteiger partial charge in [0.05, 0.1) is 4.75 Å². The maximum absolute atomic E-state index is 11.6. The molecule has 0 aliphatic carbocycles. The predicted octanol–water partition coefficient (Wildman–Crippen LogP) is 2.73. The van der Waals surface area contributed by atoms with Crippen molar-refractivity contribution in [3.63, 3.8) is 0 Å². The Labute approximate surface area is 101 Å². The highest BCUT2D eigenvalue weighted by atomic mass is 79.9. The summed E-state index contributed by atoms with van der Waals surface area (Å²) in [7, 11) is -1.22. The molecule has 1 atom stereocenters. The van der Waals surface area contributed by atoms with Crippen LogP contribution in [0, 0.1) is 0 Å². The monoisotopic (exact) mass is 288 g/mol. The first-order valence-corrected chi connectivity index (χ1v) is 6.37. The third-order valence-corrected chi connectivity index (χ3v) is 3.62. The average Bonchev–Trinajstić information content (AvgIpc) is 2.14. The number of pyridine rings is 1. The molecule has 5 heteroatoms. The fourth-order valence-electron chi connectivity index (χ4n) is 0.753. The van der Waals surface area contributed by atoms with Crippen molar-refractivity contribution in [3.05, 3.63) is 28.5 Å². The highest BCUT2D eigenvalue weighted by Crippen LogP contribution is 2.15. The van der Waals surface area contributed by atoms with Crippen LogP contribution in [0.1, 0.15) is 26.3 Å². The minimum atomic E-state index is -1.22. The molecule has 0 spiro atoms. The molecule has 0 aliphatic heterocycles. The quantitative estimate of drug-likeness (QED) is 0.786. The highest BCUT2D eigenvalue weighted by molar-refractivity contribution is 9.10. The Kier molecular flexibility index (Phi) is 4.16. The third-order valence-electron chi connectivity index (χ3n) is 1.62. The third kappa shape index (κ3) is 3.83. The Bertz CT molecular complexity index is 399. The number of aromatic nitrogens is 1. The van der Waals surface area contributed by atoms with E-state index in [1.54, 1.807) is 18.6 Å². The zero-order valence-electron chi connectivity index (χ0n) is 8.90. The summed E-state index contributed by atoms with van der Waals surface area (Å²) in [4.78, 5) is 3.94. The second kappa shape index (κ2) is 4.99. The van der Waals surface area contributed by atoms with Gasteiger partial charge in [-0.25, -0.2) is 4.21 Å². The second-order valence-electron chi connectivity index (χ2n) is 3.99. The molecule has 1 aromatic rings. The van der Waals surface area contributed by atoms with E-state index in [-0.39, 0.29) is 4.75 Å². The van der Waals surface area contributed by atoms with Crippen LogP contribution < -0.4 is 0 Å². The van der Waals surface area contributed by atoms with Crippen LogP contribution in [0.2, 0.25) is 0 Å². The van der Waals surface area contributed by atoms with E-state index in [1.807, 2.05) is 26.8 Å². The van der Waals surface area contributed by atoms with Crippen molar-refractivity contribution in [3.8, 4) is 0 Å². The van der Waals surface area contributed by atoms with Crippen LogP contribution in [0.4, 0.5) is 0 Å². The van der Waals surface area contributed by atoms with Crippen molar-refractivity contribution < 1.29 is 4.21 Å². The van der Waals surface area contributed by atoms with Crippen LogP contribution >= 0.6 is 15.9 Å². The fourth-order valence-corrected chi connectivity index (χ4v) is 1.63. The fraction of sp³-hybridized carbons (Fsp3) is 0.400. The lowest BCUT2D eigenvalue weighted by atomic mass is 10.3. The summed E-state index contributed by atoms with van der Waals surface area (Å²) in [5, 5.41) is 0. The molecular weight excluding hydrogens is 276 g/mol. The smallest absolute Gasteiger partial charge is 0.144 e. The molecule has 0 fully saturated rings. The summed E-state index contributed by atoms with van der Waals surface area (Å²) in [5.41, 5.74) is 0.877. The zero-order valence-corrected chi connectivity index (χ0v) is 11.3. The van der Waals surface area contributed by atoms with E-state index in [0.29, 0.717) is 0 Å². The Morgan fingerprint density at radius 1 is 1.53 bits per heavy atom. The van der Waals surface area contributed by atoms with Gasteiger partial charge in [0.2, 0.25) is 0 Å². The number of hydrogen-bond acceptors (Lipinski definition) is 2. The minimum Gasteiger partial charge on any atom is -0.264 e. The van der Waals surface area contributed by atoms with E-state index in [2.05, 4.69) is 25.3 Å². The lowest BCUT2D eigenvalue weighted by Gasteiger charge is -2.12. The average molecular weight is 289 g/mol. The Balaban J connectivity index is 2.84. The van der Waals surface area contributed by atoms with Crippen molar-refractivity contribution in [1.29, 1.82) is 0 Å². The maximum atomic E-state index is 11.6. The van der Waals surface area contributed by atoms with Gasteiger partial charge in [-0.15, -0.1) is 0 Å². The molecule has 15 heavy (non-hydrogen) atoms. The van der Waals surface area contributed by atoms with Crippen LogP contribution in [0.25, 0.3) is 0 Å². The first-order valence-electron chi connectivity index (χ1n) is 4.47. The summed E-state index contributed by atoms with van der Waals surface area (Å²) in [6.07, 6.45) is 4.96. The molecule has 1 rings (SSSR count). The van der Waals surface area contributed by atoms with Gasteiger partial charge in [0, 0.05) is 28.6 Å². The van der Waals surface area contributed by atoms with Gasteiger partial charge in [0.1, 0.15) is 11.0 Å². The predicted molar refractivity (Wildman–Crippen MR) is 67.4 cm³/mol. The van der Waals surface area contributed by atoms with Crippen LogP contribution in [0.3, 0.4) is 0 Å². The van der Waals surface area contributed by atoms with Crippen LogP contribution in [0.5, 0.6) is 0 Å². The van der Waals surface area contributed by atoms with Crippen molar-refractivity contribution in [2.75, 3.05) is 0 Å². The molecule has 0 bridgehead atoms. The van der Waals surface area contributed by atoms with Crippen LogP contribution in [-0.2, 0) is 11.0 Å². The Morgan fingerprint density at radius 2 is 2.20 bits per heavy atom. The van der Waals surface area contributed by atoms with Gasteiger partial charge in [0.25, 0.3) is 0 Å². The molecule has 0 N–H and O–H groups in total. The van der Waals surface area contributed by atoms with E-state index >= 15 is 0 Å². The van der Waals surface area contributed by atoms with Crippen molar-refractivity contribution >= 4 is 33.1 Å². The van der Waals surface area contributed by atoms with Crippen molar-refractivity contribution in [2.24, 2.45) is 4.40 Å². The standard InChI is InChI=1S/C10H13BrN2OS/c1-10(2,3)15(14)13-6-8-4-5-12-7-9(8)11/h4-7H,1-3H3/b13-6+/t15-/m0/s1. The van der Waals surface area contributed by atoms with E-state index in [9.17, 15) is 4.21 Å². The number of hydrogen-bond donors (Lipinski definition) is 0. The van der Waals surface area contributed by atoms with Gasteiger partial charge in [0.15, 0.2) is 0 Å². The van der Waals surface area contributed by atoms with Gasteiger partial charge in [-0.3, -0.25) is 4.98 Å². The molecule has 0 radical (unpaired) electrons. The molecule has 3 nitrogen and oxygen atoms in total. The zero-order chi connectivity index (χ0) is 11.5. The lowest BCUT2D eigenvalue weighted by Crippen LogP contribution is -2.19. The maximum Gasteiger partial charge on any atom is 0.144 e. The molecule has 0 aromatic carbocycles. The lowest BCUT2D eigenvalue weighted by molar-refractivity contribution is 0.651. The normalized spacial score (nSPS) is 14.4. The number of halogens is 1. The van der Waals surface area contributed by atoms with E-state index in [1.165, 1.54) is 0 Å².